The monoisotopic (exact) mass is 405 g/mol. The van der Waals surface area contributed by atoms with Crippen LogP contribution in [0.3, 0.4) is 0 Å². The second kappa shape index (κ2) is 7.57. The third-order valence-electron chi connectivity index (χ3n) is 5.24. The van der Waals surface area contributed by atoms with Crippen LogP contribution in [0.4, 0.5) is 10.5 Å². The number of nitrogens with zero attached hydrogens (tertiary/aromatic N) is 2. The van der Waals surface area contributed by atoms with Crippen molar-refractivity contribution in [2.75, 3.05) is 19.0 Å². The van der Waals surface area contributed by atoms with E-state index >= 15 is 0 Å². The lowest BCUT2D eigenvalue weighted by molar-refractivity contribution is 0.240. The highest BCUT2D eigenvalue weighted by atomic mass is 16.3. The molecule has 0 spiro atoms. The van der Waals surface area contributed by atoms with Crippen molar-refractivity contribution in [2.45, 2.75) is 6.04 Å². The molecule has 1 aliphatic heterocycles. The molecule has 2 aromatic carbocycles. The molecule has 1 aromatic heterocycles. The lowest BCUT2D eigenvalue weighted by Gasteiger charge is -2.17. The first-order valence-electron chi connectivity index (χ1n) is 9.49. The van der Waals surface area contributed by atoms with E-state index in [9.17, 15) is 14.7 Å². The Hall–Kier alpha value is -3.78. The van der Waals surface area contributed by atoms with Crippen LogP contribution in [0.1, 0.15) is 17.2 Å². The summed E-state index contributed by atoms with van der Waals surface area (Å²) in [6.07, 6.45) is 1.72. The number of hydrogen-bond acceptors (Lipinski definition) is 5. The van der Waals surface area contributed by atoms with Crippen LogP contribution < -0.4 is 26.6 Å². The molecule has 154 valence electrons. The summed E-state index contributed by atoms with van der Waals surface area (Å²) in [7, 11) is 5.55. The Balaban J connectivity index is 1.86. The molecule has 0 saturated carbocycles. The largest absolute Gasteiger partial charge is 0.506 e. The number of para-hydroxylation sites is 1. The summed E-state index contributed by atoms with van der Waals surface area (Å²) in [6.45, 7) is 0. The summed E-state index contributed by atoms with van der Waals surface area (Å²) >= 11 is 0. The molecule has 1 aliphatic rings. The van der Waals surface area contributed by atoms with E-state index in [1.165, 1.54) is 4.57 Å². The molecule has 1 unspecified atom stereocenters. The second-order valence-electron chi connectivity index (χ2n) is 7.37. The van der Waals surface area contributed by atoms with Crippen LogP contribution in [0, 0.1) is 0 Å². The van der Waals surface area contributed by atoms with Crippen LogP contribution in [0.25, 0.3) is 16.6 Å². The fourth-order valence-electron chi connectivity index (χ4n) is 3.57. The number of benzene rings is 2. The predicted molar refractivity (Wildman–Crippen MR) is 117 cm³/mol. The minimum Gasteiger partial charge on any atom is -0.506 e. The van der Waals surface area contributed by atoms with Gasteiger partial charge in [-0.15, -0.1) is 0 Å². The molecule has 0 radical (unpaired) electrons. The Morgan fingerprint density at radius 3 is 2.43 bits per heavy atom. The first-order valence-corrected chi connectivity index (χ1v) is 9.49. The number of urea groups is 1. The number of pyridine rings is 1. The molecule has 0 aliphatic carbocycles. The van der Waals surface area contributed by atoms with E-state index in [0.29, 0.717) is 10.9 Å². The highest BCUT2D eigenvalue weighted by Gasteiger charge is 2.24. The predicted octanol–water partition coefficient (Wildman–Crippen LogP) is 2.21. The van der Waals surface area contributed by atoms with Gasteiger partial charge in [0.25, 0.3) is 5.56 Å². The molecular weight excluding hydrogens is 382 g/mol. The number of nitrogens with one attached hydrogen (secondary N) is 3. The fourth-order valence-corrected chi connectivity index (χ4v) is 3.57. The van der Waals surface area contributed by atoms with Gasteiger partial charge in [0.05, 0.1) is 17.3 Å². The van der Waals surface area contributed by atoms with Gasteiger partial charge in [-0.1, -0.05) is 24.3 Å². The Kier molecular flexibility index (Phi) is 4.93. The van der Waals surface area contributed by atoms with Crippen molar-refractivity contribution < 1.29 is 9.90 Å². The molecule has 30 heavy (non-hydrogen) atoms. The number of aromatic nitrogens is 1. The van der Waals surface area contributed by atoms with Gasteiger partial charge in [-0.3, -0.25) is 10.2 Å². The van der Waals surface area contributed by atoms with Crippen molar-refractivity contribution in [3.63, 3.8) is 0 Å². The number of carbonyl (C=O) groups is 1. The summed E-state index contributed by atoms with van der Waals surface area (Å²) in [5.74, 6) is -0.163. The van der Waals surface area contributed by atoms with Gasteiger partial charge in [-0.2, -0.15) is 0 Å². The van der Waals surface area contributed by atoms with Gasteiger partial charge in [0, 0.05) is 32.2 Å². The number of anilines is 1. The first kappa shape index (κ1) is 19.5. The van der Waals surface area contributed by atoms with Crippen molar-refractivity contribution in [2.24, 2.45) is 7.05 Å². The van der Waals surface area contributed by atoms with Crippen molar-refractivity contribution in [1.29, 1.82) is 0 Å². The molecule has 0 bridgehead atoms. The van der Waals surface area contributed by atoms with E-state index in [1.54, 1.807) is 37.4 Å². The van der Waals surface area contributed by atoms with Crippen LogP contribution in [0.15, 0.2) is 59.4 Å². The number of hydrazine groups is 1. The van der Waals surface area contributed by atoms with Crippen LogP contribution in [-0.2, 0) is 7.05 Å². The number of carbonyl (C=O) groups excluding carboxylic acids is 1. The lowest BCUT2D eigenvalue weighted by Crippen LogP contribution is -2.42. The number of hydrogen-bond donors (Lipinski definition) is 4. The van der Waals surface area contributed by atoms with Gasteiger partial charge in [-0.25, -0.2) is 10.2 Å². The zero-order chi connectivity index (χ0) is 21.4. The zero-order valence-electron chi connectivity index (χ0n) is 16.9. The minimum absolute atomic E-state index is 0.0463. The topological polar surface area (TPSA) is 98.6 Å². The van der Waals surface area contributed by atoms with E-state index in [1.807, 2.05) is 43.3 Å². The number of aromatic hydroxyl groups is 1. The molecule has 4 N–H and O–H groups in total. The average Bonchev–Trinajstić information content (AvgIpc) is 2.94. The van der Waals surface area contributed by atoms with Crippen molar-refractivity contribution in [3.8, 4) is 5.75 Å². The van der Waals surface area contributed by atoms with Gasteiger partial charge >= 0.3 is 6.03 Å². The quantitative estimate of drug-likeness (QED) is 0.536. The molecule has 4 rings (SSSR count). The van der Waals surface area contributed by atoms with E-state index in [4.69, 9.17) is 0 Å². The van der Waals surface area contributed by atoms with Crippen LogP contribution in [-0.4, -0.2) is 29.8 Å². The van der Waals surface area contributed by atoms with Crippen LogP contribution >= 0.6 is 0 Å². The smallest absolute Gasteiger partial charge is 0.333 e. The second-order valence-corrected chi connectivity index (χ2v) is 7.37. The van der Waals surface area contributed by atoms with Gasteiger partial charge in [-0.05, 0) is 35.9 Å². The zero-order valence-corrected chi connectivity index (χ0v) is 16.9. The van der Waals surface area contributed by atoms with E-state index in [2.05, 4.69) is 16.2 Å². The molecule has 2 amide bonds. The first-order chi connectivity index (χ1) is 14.4. The Labute approximate surface area is 173 Å². The van der Waals surface area contributed by atoms with Gasteiger partial charge in [0.2, 0.25) is 0 Å². The maximum Gasteiger partial charge on any atom is 0.333 e. The van der Waals surface area contributed by atoms with Crippen LogP contribution in [0.2, 0.25) is 0 Å². The van der Waals surface area contributed by atoms with Gasteiger partial charge in [0.1, 0.15) is 11.3 Å². The number of rotatable bonds is 3. The van der Waals surface area contributed by atoms with E-state index in [0.717, 1.165) is 11.3 Å². The summed E-state index contributed by atoms with van der Waals surface area (Å²) in [5.41, 5.74) is 7.93. The number of fused-ring (bicyclic) bond motifs is 1. The molecule has 0 fully saturated rings. The van der Waals surface area contributed by atoms with Crippen molar-refractivity contribution in [3.05, 3.63) is 76.1 Å². The fraction of sp³-hybridized carbons (Fsp3) is 0.182. The van der Waals surface area contributed by atoms with Crippen molar-refractivity contribution in [1.82, 2.24) is 20.7 Å². The minimum atomic E-state index is -0.525. The average molecular weight is 405 g/mol. The SMILES string of the molecule is CN(C)c1ccc(C2C=C(c3c(O)c4ccccc4n(C)c3=O)NC(=O)NN2)cc1. The summed E-state index contributed by atoms with van der Waals surface area (Å²) in [5, 5.41) is 14.1. The number of amides is 2. The van der Waals surface area contributed by atoms with Gasteiger partial charge in [0.15, 0.2) is 0 Å². The molecule has 1 atom stereocenters. The maximum atomic E-state index is 13.0. The Morgan fingerprint density at radius 1 is 1.03 bits per heavy atom. The normalized spacial score (nSPS) is 16.4. The highest BCUT2D eigenvalue weighted by Crippen LogP contribution is 2.31. The summed E-state index contributed by atoms with van der Waals surface area (Å²) in [4.78, 5) is 27.3. The Morgan fingerprint density at radius 2 is 1.73 bits per heavy atom. The lowest BCUT2D eigenvalue weighted by atomic mass is 10.0. The molecule has 0 saturated heterocycles. The summed E-state index contributed by atoms with van der Waals surface area (Å²) in [6, 6.07) is 14.0. The molecule has 8 heteroatoms. The maximum absolute atomic E-state index is 13.0. The standard InChI is InChI=1S/C22H23N5O3/c1-26(2)14-10-8-13(9-11-14)16-12-17(23-22(30)25-24-16)19-20(28)15-6-4-5-7-18(15)27(3)21(19)29/h4-12,16,24,28H,1-3H3,(H2,23,25,30). The van der Waals surface area contributed by atoms with Gasteiger partial charge < -0.3 is 19.9 Å². The molecule has 8 nitrogen and oxygen atoms in total. The third-order valence-corrected chi connectivity index (χ3v) is 5.24. The van der Waals surface area contributed by atoms with Crippen LogP contribution in [0.5, 0.6) is 5.75 Å². The summed E-state index contributed by atoms with van der Waals surface area (Å²) < 4.78 is 1.46. The molecular formula is C22H23N5O3. The molecule has 2 heterocycles. The van der Waals surface area contributed by atoms with E-state index in [-0.39, 0.29) is 17.0 Å². The third kappa shape index (κ3) is 3.37. The van der Waals surface area contributed by atoms with Crippen molar-refractivity contribution >= 4 is 28.3 Å². The Bertz CT molecular complexity index is 1210. The highest BCUT2D eigenvalue weighted by molar-refractivity contribution is 5.94. The van der Waals surface area contributed by atoms with E-state index < -0.39 is 17.6 Å². The number of aryl methyl sites for hydroxylation is 1. The molecule has 3 aromatic rings.